The molecule has 0 heterocycles. The Morgan fingerprint density at radius 2 is 1.04 bits per heavy atom. The van der Waals surface area contributed by atoms with E-state index in [-0.39, 0.29) is 23.8 Å². The van der Waals surface area contributed by atoms with Crippen LogP contribution in [0.2, 0.25) is 0 Å². The molecule has 0 saturated heterocycles. The molecule has 2 aliphatic carbocycles. The number of nitrogens with zero attached hydrogens (tertiary/aromatic N) is 2. The van der Waals surface area contributed by atoms with Crippen LogP contribution >= 0.6 is 0 Å². The van der Waals surface area contributed by atoms with Crippen molar-refractivity contribution in [3.05, 3.63) is 0 Å². The Hall–Kier alpha value is -2.08. The SMILES string of the molecule is COC(=O)C1CCC(CC#N)CC1.COC(=O)C1CCC(CC#N)CC1. The van der Waals surface area contributed by atoms with E-state index in [0.717, 1.165) is 51.4 Å². The molecule has 0 spiro atoms. The maximum absolute atomic E-state index is 11.1. The molecular formula is C20H30N2O4. The number of nitriles is 2. The van der Waals surface area contributed by atoms with Crippen LogP contribution in [0, 0.1) is 46.3 Å². The minimum absolute atomic E-state index is 0.0833. The average Bonchev–Trinajstić information content (AvgIpc) is 2.69. The zero-order valence-corrected chi connectivity index (χ0v) is 15.9. The van der Waals surface area contributed by atoms with Crippen LogP contribution in [0.5, 0.6) is 0 Å². The second-order valence-electron chi connectivity index (χ2n) is 7.21. The van der Waals surface area contributed by atoms with Crippen molar-refractivity contribution in [3.8, 4) is 12.1 Å². The van der Waals surface area contributed by atoms with E-state index < -0.39 is 0 Å². The summed E-state index contributed by atoms with van der Waals surface area (Å²) in [6.45, 7) is 0. The summed E-state index contributed by atoms with van der Waals surface area (Å²) in [5.74, 6) is 1.00. The van der Waals surface area contributed by atoms with Gasteiger partial charge < -0.3 is 9.47 Å². The van der Waals surface area contributed by atoms with Gasteiger partial charge in [-0.15, -0.1) is 0 Å². The van der Waals surface area contributed by atoms with Crippen LogP contribution in [0.25, 0.3) is 0 Å². The van der Waals surface area contributed by atoms with E-state index in [9.17, 15) is 9.59 Å². The third-order valence-electron chi connectivity index (χ3n) is 5.52. The van der Waals surface area contributed by atoms with Gasteiger partial charge in [0.05, 0.1) is 38.2 Å². The lowest BCUT2D eigenvalue weighted by molar-refractivity contribution is -0.147. The summed E-state index contributed by atoms with van der Waals surface area (Å²) in [6.07, 6.45) is 8.79. The first-order valence-corrected chi connectivity index (χ1v) is 9.45. The summed E-state index contributed by atoms with van der Waals surface area (Å²) in [6, 6.07) is 4.36. The van der Waals surface area contributed by atoms with Crippen LogP contribution in [0.15, 0.2) is 0 Å². The first-order valence-electron chi connectivity index (χ1n) is 9.45. The number of hydrogen-bond acceptors (Lipinski definition) is 6. The molecule has 2 aliphatic rings. The zero-order valence-electron chi connectivity index (χ0n) is 15.9. The zero-order chi connectivity index (χ0) is 19.4. The normalized spacial score (nSPS) is 27.7. The maximum atomic E-state index is 11.1. The van der Waals surface area contributed by atoms with E-state index in [0.29, 0.717) is 24.7 Å². The molecule has 0 aromatic rings. The maximum Gasteiger partial charge on any atom is 0.308 e. The van der Waals surface area contributed by atoms with Crippen molar-refractivity contribution in [1.29, 1.82) is 10.5 Å². The van der Waals surface area contributed by atoms with Gasteiger partial charge in [0.25, 0.3) is 0 Å². The Kier molecular flexibility index (Phi) is 10.4. The van der Waals surface area contributed by atoms with Gasteiger partial charge in [0.1, 0.15) is 0 Å². The Labute approximate surface area is 156 Å². The van der Waals surface area contributed by atoms with Crippen LogP contribution in [0.4, 0.5) is 0 Å². The molecule has 144 valence electrons. The third-order valence-corrected chi connectivity index (χ3v) is 5.52. The van der Waals surface area contributed by atoms with Crippen molar-refractivity contribution in [2.45, 2.75) is 64.2 Å². The molecule has 0 radical (unpaired) electrons. The fourth-order valence-corrected chi connectivity index (χ4v) is 3.80. The van der Waals surface area contributed by atoms with E-state index in [2.05, 4.69) is 21.6 Å². The smallest absolute Gasteiger partial charge is 0.308 e. The van der Waals surface area contributed by atoms with Gasteiger partial charge in [-0.05, 0) is 63.2 Å². The van der Waals surface area contributed by atoms with Crippen molar-refractivity contribution >= 4 is 11.9 Å². The molecule has 0 aliphatic heterocycles. The fraction of sp³-hybridized carbons (Fsp3) is 0.800. The van der Waals surface area contributed by atoms with E-state index in [1.165, 1.54) is 14.2 Å². The minimum Gasteiger partial charge on any atom is -0.469 e. The number of methoxy groups -OCH3 is 2. The lowest BCUT2D eigenvalue weighted by Gasteiger charge is -2.24. The first-order chi connectivity index (χ1) is 12.5. The number of esters is 2. The summed E-state index contributed by atoms with van der Waals surface area (Å²) < 4.78 is 9.36. The summed E-state index contributed by atoms with van der Waals surface area (Å²) in [7, 11) is 2.87. The predicted octanol–water partition coefficient (Wildman–Crippen LogP) is 3.76. The number of hydrogen-bond donors (Lipinski definition) is 0. The molecule has 0 amide bonds. The lowest BCUT2D eigenvalue weighted by Crippen LogP contribution is -2.22. The molecule has 0 unspecified atom stereocenters. The van der Waals surface area contributed by atoms with Crippen LogP contribution in [0.3, 0.4) is 0 Å². The summed E-state index contributed by atoms with van der Waals surface area (Å²) in [5, 5.41) is 17.0. The predicted molar refractivity (Wildman–Crippen MR) is 95.4 cm³/mol. The van der Waals surface area contributed by atoms with Gasteiger partial charge in [-0.25, -0.2) is 0 Å². The number of carbonyl (C=O) groups is 2. The van der Waals surface area contributed by atoms with E-state index in [4.69, 9.17) is 10.5 Å². The van der Waals surface area contributed by atoms with E-state index >= 15 is 0 Å². The van der Waals surface area contributed by atoms with E-state index in [1.807, 2.05) is 0 Å². The molecule has 0 bridgehead atoms. The highest BCUT2D eigenvalue weighted by molar-refractivity contribution is 5.72. The molecule has 0 atom stereocenters. The van der Waals surface area contributed by atoms with Gasteiger partial charge in [0.2, 0.25) is 0 Å². The summed E-state index contributed by atoms with van der Waals surface area (Å²) >= 11 is 0. The summed E-state index contributed by atoms with van der Waals surface area (Å²) in [5.41, 5.74) is 0. The monoisotopic (exact) mass is 362 g/mol. The highest BCUT2D eigenvalue weighted by Crippen LogP contribution is 2.31. The van der Waals surface area contributed by atoms with Gasteiger partial charge in [-0.2, -0.15) is 10.5 Å². The fourth-order valence-electron chi connectivity index (χ4n) is 3.80. The molecule has 2 rings (SSSR count). The van der Waals surface area contributed by atoms with Crippen LogP contribution < -0.4 is 0 Å². The van der Waals surface area contributed by atoms with Crippen LogP contribution in [0.1, 0.15) is 64.2 Å². The molecule has 2 fully saturated rings. The van der Waals surface area contributed by atoms with Crippen molar-refractivity contribution in [3.63, 3.8) is 0 Å². The van der Waals surface area contributed by atoms with Crippen molar-refractivity contribution in [2.24, 2.45) is 23.7 Å². The number of carbonyl (C=O) groups excluding carboxylic acids is 2. The Bertz CT molecular complexity index is 471. The Balaban J connectivity index is 0.000000260. The quantitative estimate of drug-likeness (QED) is 0.706. The molecule has 0 N–H and O–H groups in total. The van der Waals surface area contributed by atoms with Gasteiger partial charge in [0, 0.05) is 12.8 Å². The molecule has 6 heteroatoms. The Morgan fingerprint density at radius 1 is 0.731 bits per heavy atom. The van der Waals surface area contributed by atoms with Crippen LogP contribution in [-0.4, -0.2) is 26.2 Å². The molecule has 6 nitrogen and oxygen atoms in total. The highest BCUT2D eigenvalue weighted by Gasteiger charge is 2.27. The first kappa shape index (κ1) is 22.0. The topological polar surface area (TPSA) is 100 Å². The Morgan fingerprint density at radius 3 is 1.27 bits per heavy atom. The van der Waals surface area contributed by atoms with Gasteiger partial charge in [-0.3, -0.25) is 9.59 Å². The van der Waals surface area contributed by atoms with Gasteiger partial charge in [-0.1, -0.05) is 0 Å². The molecule has 26 heavy (non-hydrogen) atoms. The minimum atomic E-state index is -0.0876. The van der Waals surface area contributed by atoms with Gasteiger partial charge in [0.15, 0.2) is 0 Å². The molecular weight excluding hydrogens is 332 g/mol. The van der Waals surface area contributed by atoms with Crippen molar-refractivity contribution in [2.75, 3.05) is 14.2 Å². The number of rotatable bonds is 4. The van der Waals surface area contributed by atoms with E-state index in [1.54, 1.807) is 0 Å². The largest absolute Gasteiger partial charge is 0.469 e. The molecule has 0 aromatic carbocycles. The van der Waals surface area contributed by atoms with Crippen molar-refractivity contribution in [1.82, 2.24) is 0 Å². The van der Waals surface area contributed by atoms with Gasteiger partial charge >= 0.3 is 11.9 Å². The second-order valence-corrected chi connectivity index (χ2v) is 7.21. The molecule has 0 aromatic heterocycles. The van der Waals surface area contributed by atoms with Crippen LogP contribution in [-0.2, 0) is 19.1 Å². The number of ether oxygens (including phenoxy) is 2. The standard InChI is InChI=1S/2C10H15NO2/c2*1-13-10(12)9-4-2-8(3-5-9)6-7-11/h2*8-9H,2-6H2,1H3. The molecule has 2 saturated carbocycles. The second kappa shape index (κ2) is 12.3. The lowest BCUT2D eigenvalue weighted by atomic mass is 9.81. The third kappa shape index (κ3) is 7.44. The summed E-state index contributed by atoms with van der Waals surface area (Å²) in [4.78, 5) is 22.3. The van der Waals surface area contributed by atoms with Crippen molar-refractivity contribution < 1.29 is 19.1 Å². The highest BCUT2D eigenvalue weighted by atomic mass is 16.5. The average molecular weight is 362 g/mol.